The molecule has 9 heteroatoms. The maximum atomic E-state index is 13.2. The molecular formula is C24H28N4O4S. The number of nitrogens with zero attached hydrogens (tertiary/aromatic N) is 4. The van der Waals surface area contributed by atoms with E-state index in [2.05, 4.69) is 15.1 Å². The standard InChI is InChI=1S/C24H28N4O4S/c1-4-32-20-8-6-19(7-9-20)21-10-12-24(26-25-21)27-13-15-28(16-14-27)33(29,30)23-17-18(2)5-11-22(23)31-3/h5-12,17H,4,13-16H2,1-3H3. The van der Waals surface area contributed by atoms with Crippen molar-refractivity contribution in [1.82, 2.24) is 14.5 Å². The molecule has 0 N–H and O–H groups in total. The van der Waals surface area contributed by atoms with Crippen LogP contribution in [0.1, 0.15) is 12.5 Å². The third kappa shape index (κ3) is 4.94. The Kier molecular flexibility index (Phi) is 6.80. The van der Waals surface area contributed by atoms with E-state index in [0.717, 1.165) is 28.4 Å². The zero-order chi connectivity index (χ0) is 23.4. The molecule has 33 heavy (non-hydrogen) atoms. The fraction of sp³-hybridized carbons (Fsp3) is 0.333. The summed E-state index contributed by atoms with van der Waals surface area (Å²) in [6, 6.07) is 16.8. The van der Waals surface area contributed by atoms with Crippen LogP contribution < -0.4 is 14.4 Å². The van der Waals surface area contributed by atoms with E-state index in [4.69, 9.17) is 9.47 Å². The lowest BCUT2D eigenvalue weighted by atomic mass is 10.1. The second-order valence-corrected chi connectivity index (χ2v) is 9.69. The topological polar surface area (TPSA) is 84.9 Å². The number of hydrogen-bond donors (Lipinski definition) is 0. The second kappa shape index (κ2) is 9.76. The number of anilines is 1. The van der Waals surface area contributed by atoms with E-state index in [1.807, 2.05) is 56.3 Å². The normalized spacial score (nSPS) is 14.8. The van der Waals surface area contributed by atoms with E-state index >= 15 is 0 Å². The molecule has 0 atom stereocenters. The Balaban J connectivity index is 1.43. The first-order valence-electron chi connectivity index (χ1n) is 10.9. The molecule has 0 unspecified atom stereocenters. The van der Waals surface area contributed by atoms with Crippen molar-refractivity contribution in [2.45, 2.75) is 18.7 Å². The predicted octanol–water partition coefficient (Wildman–Crippen LogP) is 3.37. The van der Waals surface area contributed by atoms with Crippen LogP contribution in [-0.2, 0) is 10.0 Å². The maximum absolute atomic E-state index is 13.2. The van der Waals surface area contributed by atoms with E-state index in [1.54, 1.807) is 12.1 Å². The van der Waals surface area contributed by atoms with Crippen LogP contribution in [-0.4, -0.2) is 62.8 Å². The molecule has 0 spiro atoms. The molecule has 1 saturated heterocycles. The van der Waals surface area contributed by atoms with Crippen molar-refractivity contribution in [3.8, 4) is 22.8 Å². The summed E-state index contributed by atoms with van der Waals surface area (Å²) < 4.78 is 38.7. The van der Waals surface area contributed by atoms with Crippen molar-refractivity contribution >= 4 is 15.8 Å². The summed E-state index contributed by atoms with van der Waals surface area (Å²) in [4.78, 5) is 2.26. The quantitative estimate of drug-likeness (QED) is 0.526. The first-order valence-corrected chi connectivity index (χ1v) is 12.3. The summed E-state index contributed by atoms with van der Waals surface area (Å²) in [5.41, 5.74) is 2.60. The van der Waals surface area contributed by atoms with Crippen molar-refractivity contribution in [3.63, 3.8) is 0 Å². The molecular weight excluding hydrogens is 440 g/mol. The number of sulfonamides is 1. The molecule has 8 nitrogen and oxygen atoms in total. The molecule has 2 heterocycles. The number of benzene rings is 2. The lowest BCUT2D eigenvalue weighted by Crippen LogP contribution is -2.49. The summed E-state index contributed by atoms with van der Waals surface area (Å²) in [5.74, 6) is 1.91. The van der Waals surface area contributed by atoms with Gasteiger partial charge in [0.2, 0.25) is 10.0 Å². The second-order valence-electron chi connectivity index (χ2n) is 7.78. The third-order valence-electron chi connectivity index (χ3n) is 5.61. The van der Waals surface area contributed by atoms with Crippen LogP contribution in [0.5, 0.6) is 11.5 Å². The van der Waals surface area contributed by atoms with Crippen LogP contribution in [0.3, 0.4) is 0 Å². The highest BCUT2D eigenvalue weighted by Gasteiger charge is 2.31. The number of rotatable bonds is 7. The van der Waals surface area contributed by atoms with Gasteiger partial charge in [0, 0.05) is 31.7 Å². The smallest absolute Gasteiger partial charge is 0.246 e. The third-order valence-corrected chi connectivity index (χ3v) is 7.53. The summed E-state index contributed by atoms with van der Waals surface area (Å²) in [5, 5.41) is 8.75. The van der Waals surface area contributed by atoms with E-state index < -0.39 is 10.0 Å². The van der Waals surface area contributed by atoms with Gasteiger partial charge in [-0.05, 0) is 67.9 Å². The lowest BCUT2D eigenvalue weighted by molar-refractivity contribution is 0.340. The van der Waals surface area contributed by atoms with Crippen LogP contribution in [0.25, 0.3) is 11.3 Å². The Labute approximate surface area is 194 Å². The molecule has 1 aromatic heterocycles. The summed E-state index contributed by atoms with van der Waals surface area (Å²) in [6.07, 6.45) is 0. The van der Waals surface area contributed by atoms with Gasteiger partial charge in [0.15, 0.2) is 5.82 Å². The Bertz CT molecular complexity index is 1190. The molecule has 2 aromatic carbocycles. The molecule has 174 valence electrons. The molecule has 0 aliphatic carbocycles. The van der Waals surface area contributed by atoms with Crippen LogP contribution in [0.2, 0.25) is 0 Å². The van der Waals surface area contributed by atoms with Crippen LogP contribution >= 0.6 is 0 Å². The minimum atomic E-state index is -3.65. The van der Waals surface area contributed by atoms with Gasteiger partial charge in [0.1, 0.15) is 16.4 Å². The molecule has 1 aliphatic heterocycles. The number of piperazine rings is 1. The summed E-state index contributed by atoms with van der Waals surface area (Å²) in [6.45, 7) is 6.23. The van der Waals surface area contributed by atoms with Crippen LogP contribution in [0, 0.1) is 6.92 Å². The average molecular weight is 469 g/mol. The molecule has 0 bridgehead atoms. The van der Waals surface area contributed by atoms with Crippen molar-refractivity contribution in [2.24, 2.45) is 0 Å². The van der Waals surface area contributed by atoms with Crippen molar-refractivity contribution in [1.29, 1.82) is 0 Å². The molecule has 0 radical (unpaired) electrons. The maximum Gasteiger partial charge on any atom is 0.246 e. The number of ether oxygens (including phenoxy) is 2. The van der Waals surface area contributed by atoms with Gasteiger partial charge in [0.25, 0.3) is 0 Å². The first kappa shape index (κ1) is 23.0. The molecule has 4 rings (SSSR count). The number of aromatic nitrogens is 2. The van der Waals surface area contributed by atoms with Crippen molar-refractivity contribution in [2.75, 3.05) is 44.8 Å². The van der Waals surface area contributed by atoms with E-state index in [1.165, 1.54) is 11.4 Å². The number of aryl methyl sites for hydroxylation is 1. The SMILES string of the molecule is CCOc1ccc(-c2ccc(N3CCN(S(=O)(=O)c4cc(C)ccc4OC)CC3)nn2)cc1. The van der Waals surface area contributed by atoms with Gasteiger partial charge in [0.05, 0.1) is 19.4 Å². The summed E-state index contributed by atoms with van der Waals surface area (Å²) >= 11 is 0. The predicted molar refractivity (Wildman–Crippen MR) is 127 cm³/mol. The Hall–Kier alpha value is -3.17. The average Bonchev–Trinajstić information content (AvgIpc) is 2.85. The van der Waals surface area contributed by atoms with Gasteiger partial charge < -0.3 is 14.4 Å². The molecule has 0 saturated carbocycles. The number of hydrogen-bond acceptors (Lipinski definition) is 7. The van der Waals surface area contributed by atoms with Crippen LogP contribution in [0.15, 0.2) is 59.5 Å². The molecule has 1 fully saturated rings. The molecule has 0 amide bonds. The number of methoxy groups -OCH3 is 1. The molecule has 3 aromatic rings. The van der Waals surface area contributed by atoms with Gasteiger partial charge in [-0.15, -0.1) is 10.2 Å². The Morgan fingerprint density at radius 3 is 2.27 bits per heavy atom. The van der Waals surface area contributed by atoms with E-state index in [-0.39, 0.29) is 4.90 Å². The van der Waals surface area contributed by atoms with Gasteiger partial charge in [-0.3, -0.25) is 0 Å². The minimum absolute atomic E-state index is 0.206. The Morgan fingerprint density at radius 2 is 1.67 bits per heavy atom. The summed E-state index contributed by atoms with van der Waals surface area (Å²) in [7, 11) is -2.16. The zero-order valence-corrected chi connectivity index (χ0v) is 19.9. The Morgan fingerprint density at radius 1 is 0.939 bits per heavy atom. The van der Waals surface area contributed by atoms with Gasteiger partial charge >= 0.3 is 0 Å². The monoisotopic (exact) mass is 468 g/mol. The highest BCUT2D eigenvalue weighted by atomic mass is 32.2. The fourth-order valence-corrected chi connectivity index (χ4v) is 5.48. The highest BCUT2D eigenvalue weighted by molar-refractivity contribution is 7.89. The van der Waals surface area contributed by atoms with Gasteiger partial charge in [-0.25, -0.2) is 8.42 Å². The lowest BCUT2D eigenvalue weighted by Gasteiger charge is -2.34. The highest BCUT2D eigenvalue weighted by Crippen LogP contribution is 2.29. The van der Waals surface area contributed by atoms with Crippen molar-refractivity contribution < 1.29 is 17.9 Å². The van der Waals surface area contributed by atoms with Crippen molar-refractivity contribution in [3.05, 3.63) is 60.2 Å². The van der Waals surface area contributed by atoms with E-state index in [0.29, 0.717) is 38.5 Å². The minimum Gasteiger partial charge on any atom is -0.495 e. The largest absolute Gasteiger partial charge is 0.495 e. The first-order chi connectivity index (χ1) is 15.9. The van der Waals surface area contributed by atoms with Gasteiger partial charge in [-0.1, -0.05) is 6.07 Å². The fourth-order valence-electron chi connectivity index (χ4n) is 3.82. The van der Waals surface area contributed by atoms with Gasteiger partial charge in [-0.2, -0.15) is 4.31 Å². The van der Waals surface area contributed by atoms with E-state index in [9.17, 15) is 8.42 Å². The van der Waals surface area contributed by atoms with Crippen LogP contribution in [0.4, 0.5) is 5.82 Å². The molecule has 1 aliphatic rings. The zero-order valence-electron chi connectivity index (χ0n) is 19.1.